The van der Waals surface area contributed by atoms with E-state index >= 15 is 0 Å². The average Bonchev–Trinajstić information content (AvgIpc) is 2.39. The van der Waals surface area contributed by atoms with Crippen molar-refractivity contribution in [3.05, 3.63) is 63.9 Å². The zero-order valence-corrected chi connectivity index (χ0v) is 11.0. The number of nitrogens with zero attached hydrogens (tertiary/aromatic N) is 1. The molecule has 0 spiro atoms. The highest BCUT2D eigenvalue weighted by Crippen LogP contribution is 2.16. The molecule has 0 amide bonds. The van der Waals surface area contributed by atoms with E-state index in [4.69, 9.17) is 5.26 Å². The van der Waals surface area contributed by atoms with Crippen molar-refractivity contribution in [3.63, 3.8) is 0 Å². The average molecular weight is 305 g/mol. The third-order valence-corrected chi connectivity index (χ3v) is 3.02. The molecule has 0 unspecified atom stereocenters. The van der Waals surface area contributed by atoms with Gasteiger partial charge < -0.3 is 5.32 Å². The van der Waals surface area contributed by atoms with Gasteiger partial charge in [0.05, 0.1) is 5.56 Å². The zero-order valence-electron chi connectivity index (χ0n) is 9.45. The molecule has 0 saturated heterocycles. The number of nitrogens with one attached hydrogen (secondary N) is 1. The van der Waals surface area contributed by atoms with Gasteiger partial charge in [-0.05, 0) is 42.0 Å². The van der Waals surface area contributed by atoms with Crippen molar-refractivity contribution in [3.8, 4) is 6.07 Å². The normalized spacial score (nSPS) is 9.83. The van der Waals surface area contributed by atoms with Gasteiger partial charge in [-0.25, -0.2) is 4.39 Å². The first-order chi connectivity index (χ1) is 8.69. The second-order valence-corrected chi connectivity index (χ2v) is 4.70. The summed E-state index contributed by atoms with van der Waals surface area (Å²) >= 11 is 3.36. The summed E-state index contributed by atoms with van der Waals surface area (Å²) in [5.41, 5.74) is 1.92. The third kappa shape index (κ3) is 3.08. The van der Waals surface area contributed by atoms with Crippen LogP contribution in [0, 0.1) is 17.1 Å². The van der Waals surface area contributed by atoms with Gasteiger partial charge in [-0.3, -0.25) is 0 Å². The highest BCUT2D eigenvalue weighted by atomic mass is 79.9. The van der Waals surface area contributed by atoms with Crippen molar-refractivity contribution in [2.75, 3.05) is 5.32 Å². The van der Waals surface area contributed by atoms with E-state index in [1.54, 1.807) is 12.1 Å². The van der Waals surface area contributed by atoms with Gasteiger partial charge in [0.1, 0.15) is 11.9 Å². The number of anilines is 1. The highest BCUT2D eigenvalue weighted by molar-refractivity contribution is 9.10. The van der Waals surface area contributed by atoms with Crippen molar-refractivity contribution < 1.29 is 4.39 Å². The van der Waals surface area contributed by atoms with Crippen molar-refractivity contribution in [1.82, 2.24) is 0 Å². The number of hydrogen-bond acceptors (Lipinski definition) is 2. The minimum Gasteiger partial charge on any atom is -0.381 e. The van der Waals surface area contributed by atoms with Crippen LogP contribution in [0.15, 0.2) is 46.9 Å². The summed E-state index contributed by atoms with van der Waals surface area (Å²) in [5.74, 6) is -0.482. The molecule has 0 radical (unpaired) electrons. The second kappa shape index (κ2) is 5.65. The molecule has 2 nitrogen and oxygen atoms in total. The molecule has 0 aromatic heterocycles. The first-order valence-electron chi connectivity index (χ1n) is 5.37. The van der Waals surface area contributed by atoms with Gasteiger partial charge in [0, 0.05) is 16.7 Å². The Labute approximate surface area is 113 Å². The van der Waals surface area contributed by atoms with Crippen molar-refractivity contribution in [2.45, 2.75) is 6.54 Å². The molecular formula is C14H10BrFN2. The number of halogens is 2. The van der Waals surface area contributed by atoms with Crippen LogP contribution in [0.1, 0.15) is 11.1 Å². The lowest BCUT2D eigenvalue weighted by atomic mass is 10.1. The van der Waals surface area contributed by atoms with E-state index in [0.29, 0.717) is 6.54 Å². The Morgan fingerprint density at radius 3 is 2.56 bits per heavy atom. The number of hydrogen-bond donors (Lipinski definition) is 1. The summed E-state index contributed by atoms with van der Waals surface area (Å²) in [4.78, 5) is 0. The van der Waals surface area contributed by atoms with E-state index in [-0.39, 0.29) is 5.56 Å². The molecule has 0 aliphatic heterocycles. The summed E-state index contributed by atoms with van der Waals surface area (Å²) in [6.07, 6.45) is 0. The minimum absolute atomic E-state index is 0.0742. The Morgan fingerprint density at radius 2 is 1.89 bits per heavy atom. The molecule has 0 fully saturated rings. The molecule has 90 valence electrons. The van der Waals surface area contributed by atoms with Crippen LogP contribution < -0.4 is 5.32 Å². The topological polar surface area (TPSA) is 35.8 Å². The minimum atomic E-state index is -0.482. The zero-order chi connectivity index (χ0) is 13.0. The van der Waals surface area contributed by atoms with Crippen LogP contribution in [0.5, 0.6) is 0 Å². The van der Waals surface area contributed by atoms with E-state index in [1.807, 2.05) is 30.3 Å². The highest BCUT2D eigenvalue weighted by Gasteiger charge is 2.02. The van der Waals surface area contributed by atoms with Gasteiger partial charge in [0.25, 0.3) is 0 Å². The van der Waals surface area contributed by atoms with Gasteiger partial charge in [0.15, 0.2) is 0 Å². The molecule has 0 bridgehead atoms. The molecule has 0 aliphatic carbocycles. The summed E-state index contributed by atoms with van der Waals surface area (Å²) in [5, 5.41) is 11.9. The number of nitriles is 1. The fourth-order valence-electron chi connectivity index (χ4n) is 1.54. The summed E-state index contributed by atoms with van der Waals surface area (Å²) in [6.45, 7) is 0.552. The monoisotopic (exact) mass is 304 g/mol. The summed E-state index contributed by atoms with van der Waals surface area (Å²) < 4.78 is 14.1. The van der Waals surface area contributed by atoms with E-state index in [9.17, 15) is 4.39 Å². The maximum atomic E-state index is 13.1. The van der Waals surface area contributed by atoms with Crippen LogP contribution in [-0.4, -0.2) is 0 Å². The Hall–Kier alpha value is -1.86. The Balaban J connectivity index is 2.06. The second-order valence-electron chi connectivity index (χ2n) is 3.79. The van der Waals surface area contributed by atoms with Gasteiger partial charge in [-0.1, -0.05) is 22.0 Å². The van der Waals surface area contributed by atoms with Crippen LogP contribution in [0.2, 0.25) is 0 Å². The Kier molecular flexibility index (Phi) is 3.96. The molecule has 4 heteroatoms. The maximum Gasteiger partial charge on any atom is 0.140 e. The smallest absolute Gasteiger partial charge is 0.140 e. The predicted octanol–water partition coefficient (Wildman–Crippen LogP) is 4.07. The quantitative estimate of drug-likeness (QED) is 0.927. The molecule has 18 heavy (non-hydrogen) atoms. The van der Waals surface area contributed by atoms with E-state index in [1.165, 1.54) is 6.07 Å². The first-order valence-corrected chi connectivity index (χ1v) is 6.16. The van der Waals surface area contributed by atoms with Crippen LogP contribution in [0.3, 0.4) is 0 Å². The van der Waals surface area contributed by atoms with Crippen LogP contribution in [0.4, 0.5) is 10.1 Å². The SMILES string of the molecule is N#Cc1cc(CNc2ccc(Br)cc2)ccc1F. The summed E-state index contributed by atoms with van der Waals surface area (Å²) in [7, 11) is 0. The molecule has 0 atom stereocenters. The molecule has 0 saturated carbocycles. The van der Waals surface area contributed by atoms with Crippen molar-refractivity contribution in [2.24, 2.45) is 0 Å². The lowest BCUT2D eigenvalue weighted by molar-refractivity contribution is 0.623. The maximum absolute atomic E-state index is 13.1. The van der Waals surface area contributed by atoms with E-state index < -0.39 is 5.82 Å². The molecule has 2 aromatic carbocycles. The lowest BCUT2D eigenvalue weighted by Crippen LogP contribution is -2.00. The predicted molar refractivity (Wildman–Crippen MR) is 72.6 cm³/mol. The molecule has 2 aromatic rings. The largest absolute Gasteiger partial charge is 0.381 e. The van der Waals surface area contributed by atoms with Gasteiger partial charge in [-0.15, -0.1) is 0 Å². The number of rotatable bonds is 3. The van der Waals surface area contributed by atoms with Crippen LogP contribution in [-0.2, 0) is 6.54 Å². The third-order valence-electron chi connectivity index (χ3n) is 2.49. The summed E-state index contributed by atoms with van der Waals surface area (Å²) in [6, 6.07) is 14.1. The van der Waals surface area contributed by atoms with Crippen molar-refractivity contribution >= 4 is 21.6 Å². The van der Waals surface area contributed by atoms with Crippen LogP contribution >= 0.6 is 15.9 Å². The van der Waals surface area contributed by atoms with E-state index in [0.717, 1.165) is 15.7 Å². The Bertz CT molecular complexity index is 588. The molecule has 2 rings (SSSR count). The first kappa shape index (κ1) is 12.6. The molecular weight excluding hydrogens is 295 g/mol. The van der Waals surface area contributed by atoms with Crippen LogP contribution in [0.25, 0.3) is 0 Å². The Morgan fingerprint density at radius 1 is 1.17 bits per heavy atom. The van der Waals surface area contributed by atoms with E-state index in [2.05, 4.69) is 21.2 Å². The van der Waals surface area contributed by atoms with Gasteiger partial charge >= 0.3 is 0 Å². The molecule has 1 N–H and O–H groups in total. The fourth-order valence-corrected chi connectivity index (χ4v) is 1.80. The lowest BCUT2D eigenvalue weighted by Gasteiger charge is -2.07. The van der Waals surface area contributed by atoms with Gasteiger partial charge in [0.2, 0.25) is 0 Å². The fraction of sp³-hybridized carbons (Fsp3) is 0.0714. The number of benzene rings is 2. The standard InChI is InChI=1S/C14H10BrFN2/c15-12-2-4-13(5-3-12)18-9-10-1-6-14(16)11(7-10)8-17/h1-7,18H,9H2. The molecule has 0 heterocycles. The molecule has 0 aliphatic rings. The van der Waals surface area contributed by atoms with Gasteiger partial charge in [-0.2, -0.15) is 5.26 Å². The van der Waals surface area contributed by atoms with Crippen molar-refractivity contribution in [1.29, 1.82) is 5.26 Å².